The molecule has 0 saturated carbocycles. The van der Waals surface area contributed by atoms with Crippen LogP contribution in [-0.4, -0.2) is 96.8 Å². The molecule has 0 spiro atoms. The molecule has 2 aliphatic heterocycles. The van der Waals surface area contributed by atoms with E-state index in [-0.39, 0.29) is 23.8 Å². The van der Waals surface area contributed by atoms with Crippen LogP contribution in [0.25, 0.3) is 0 Å². The van der Waals surface area contributed by atoms with Crippen molar-refractivity contribution < 1.29 is 33.8 Å². The molecule has 0 unspecified atom stereocenters. The van der Waals surface area contributed by atoms with Gasteiger partial charge in [0, 0.05) is 32.7 Å². The highest BCUT2D eigenvalue weighted by molar-refractivity contribution is 6.22. The molecule has 2 aliphatic rings. The number of amides is 3. The lowest BCUT2D eigenvalue weighted by Gasteiger charge is -2.33. The minimum absolute atomic E-state index is 0.153. The van der Waals surface area contributed by atoms with Gasteiger partial charge in [0.2, 0.25) is 0 Å². The third kappa shape index (κ3) is 5.20. The molecular formula is C19H24N4O8. The maximum Gasteiger partial charge on any atom is 0.409 e. The van der Waals surface area contributed by atoms with Gasteiger partial charge < -0.3 is 19.2 Å². The molecule has 1 saturated heterocycles. The number of piperazine rings is 1. The fraction of sp³-hybridized carbons (Fsp3) is 0.526. The van der Waals surface area contributed by atoms with Crippen molar-refractivity contribution in [3.63, 3.8) is 0 Å². The molecule has 0 aliphatic carbocycles. The predicted octanol–water partition coefficient (Wildman–Crippen LogP) is 0.644. The Labute approximate surface area is 178 Å². The number of nitrogens with zero attached hydrogens (tertiary/aromatic N) is 4. The lowest BCUT2D eigenvalue weighted by atomic mass is 10.1. The second-order valence-corrected chi connectivity index (χ2v) is 6.87. The Kier molecular flexibility index (Phi) is 7.23. The Morgan fingerprint density at radius 3 is 2.52 bits per heavy atom. The molecule has 3 rings (SSSR count). The summed E-state index contributed by atoms with van der Waals surface area (Å²) in [6.07, 6.45) is -0.311. The topological polar surface area (TPSA) is 132 Å². The number of imide groups is 1. The molecule has 31 heavy (non-hydrogen) atoms. The third-order valence-corrected chi connectivity index (χ3v) is 5.04. The summed E-state index contributed by atoms with van der Waals surface area (Å²) in [5.41, 5.74) is 0.354. The highest BCUT2D eigenvalue weighted by Crippen LogP contribution is 2.30. The van der Waals surface area contributed by atoms with Crippen molar-refractivity contribution in [1.82, 2.24) is 14.7 Å². The minimum Gasteiger partial charge on any atom is -0.491 e. The maximum absolute atomic E-state index is 12.7. The van der Waals surface area contributed by atoms with E-state index in [0.29, 0.717) is 51.7 Å². The first-order chi connectivity index (χ1) is 14.9. The standard InChI is InChI=1S/C19H24N4O8/c1-2-29-19(26)21-8-6-20(7-9-21)10-12-30-15-5-3-4-14-16(15)18(25)22(17(14)24)11-13-31-23(27)28/h3-5H,2,6-13H2,1H3. The predicted molar refractivity (Wildman–Crippen MR) is 105 cm³/mol. The van der Waals surface area contributed by atoms with Crippen molar-refractivity contribution in [2.45, 2.75) is 6.92 Å². The third-order valence-electron chi connectivity index (χ3n) is 5.04. The monoisotopic (exact) mass is 436 g/mol. The van der Waals surface area contributed by atoms with Crippen LogP contribution in [-0.2, 0) is 9.57 Å². The van der Waals surface area contributed by atoms with Crippen molar-refractivity contribution in [2.75, 3.05) is 59.1 Å². The van der Waals surface area contributed by atoms with Crippen molar-refractivity contribution in [1.29, 1.82) is 0 Å². The normalized spacial score (nSPS) is 16.3. The van der Waals surface area contributed by atoms with E-state index in [1.54, 1.807) is 24.0 Å². The highest BCUT2D eigenvalue weighted by atomic mass is 16.9. The molecule has 0 N–H and O–H groups in total. The summed E-state index contributed by atoms with van der Waals surface area (Å²) in [5, 5.41) is 9.31. The van der Waals surface area contributed by atoms with Crippen LogP contribution in [0.1, 0.15) is 27.6 Å². The molecule has 0 radical (unpaired) electrons. The van der Waals surface area contributed by atoms with Crippen LogP contribution in [0.4, 0.5) is 4.79 Å². The largest absolute Gasteiger partial charge is 0.491 e. The van der Waals surface area contributed by atoms with Crippen LogP contribution >= 0.6 is 0 Å². The second kappa shape index (κ2) is 10.1. The average Bonchev–Trinajstić information content (AvgIpc) is 3.00. The molecule has 12 nitrogen and oxygen atoms in total. The van der Waals surface area contributed by atoms with Gasteiger partial charge in [-0.15, -0.1) is 10.1 Å². The van der Waals surface area contributed by atoms with Gasteiger partial charge in [0.05, 0.1) is 24.3 Å². The fourth-order valence-corrected chi connectivity index (χ4v) is 3.49. The van der Waals surface area contributed by atoms with Crippen molar-refractivity contribution in [3.8, 4) is 5.75 Å². The smallest absolute Gasteiger partial charge is 0.409 e. The van der Waals surface area contributed by atoms with Crippen LogP contribution in [0.5, 0.6) is 5.75 Å². The van der Waals surface area contributed by atoms with Crippen molar-refractivity contribution >= 4 is 17.9 Å². The minimum atomic E-state index is -0.973. The second-order valence-electron chi connectivity index (χ2n) is 6.87. The summed E-state index contributed by atoms with van der Waals surface area (Å²) in [5.74, 6) is -0.809. The van der Waals surface area contributed by atoms with E-state index in [0.717, 1.165) is 4.90 Å². The zero-order valence-corrected chi connectivity index (χ0v) is 17.2. The van der Waals surface area contributed by atoms with E-state index in [9.17, 15) is 24.5 Å². The van der Waals surface area contributed by atoms with Gasteiger partial charge in [-0.25, -0.2) is 4.79 Å². The Balaban J connectivity index is 1.52. The van der Waals surface area contributed by atoms with Gasteiger partial charge in [0.15, 0.2) is 0 Å². The average molecular weight is 436 g/mol. The quantitative estimate of drug-likeness (QED) is 0.311. The maximum atomic E-state index is 12.7. The first-order valence-electron chi connectivity index (χ1n) is 9.95. The molecule has 0 atom stereocenters. The van der Waals surface area contributed by atoms with E-state index in [4.69, 9.17) is 9.47 Å². The molecule has 1 aromatic rings. The first kappa shape index (κ1) is 22.3. The van der Waals surface area contributed by atoms with Crippen LogP contribution in [0, 0.1) is 10.1 Å². The molecule has 12 heteroatoms. The summed E-state index contributed by atoms with van der Waals surface area (Å²) in [6, 6.07) is 4.75. The lowest BCUT2D eigenvalue weighted by Crippen LogP contribution is -2.49. The van der Waals surface area contributed by atoms with Gasteiger partial charge in [-0.3, -0.25) is 19.4 Å². The summed E-state index contributed by atoms with van der Waals surface area (Å²) < 4.78 is 10.8. The van der Waals surface area contributed by atoms with Gasteiger partial charge in [-0.2, -0.15) is 0 Å². The van der Waals surface area contributed by atoms with E-state index in [2.05, 4.69) is 9.74 Å². The molecular weight excluding hydrogens is 412 g/mol. The van der Waals surface area contributed by atoms with Gasteiger partial charge in [0.1, 0.15) is 19.0 Å². The van der Waals surface area contributed by atoms with Crippen molar-refractivity contribution in [2.24, 2.45) is 0 Å². The van der Waals surface area contributed by atoms with Crippen LogP contribution in [0.2, 0.25) is 0 Å². The summed E-state index contributed by atoms with van der Waals surface area (Å²) >= 11 is 0. The Morgan fingerprint density at radius 2 is 1.84 bits per heavy atom. The van der Waals surface area contributed by atoms with E-state index in [1.807, 2.05) is 0 Å². The Morgan fingerprint density at radius 1 is 1.10 bits per heavy atom. The molecule has 1 aromatic carbocycles. The summed E-state index contributed by atoms with van der Waals surface area (Å²) in [6.45, 7) is 4.85. The van der Waals surface area contributed by atoms with E-state index in [1.165, 1.54) is 6.07 Å². The summed E-state index contributed by atoms with van der Waals surface area (Å²) in [7, 11) is 0. The van der Waals surface area contributed by atoms with Gasteiger partial charge in [-0.1, -0.05) is 6.07 Å². The molecule has 3 amide bonds. The zero-order valence-electron chi connectivity index (χ0n) is 17.2. The van der Waals surface area contributed by atoms with Gasteiger partial charge in [0.25, 0.3) is 16.9 Å². The van der Waals surface area contributed by atoms with Crippen LogP contribution in [0.15, 0.2) is 18.2 Å². The Bertz CT molecular complexity index is 853. The SMILES string of the molecule is CCOC(=O)N1CCN(CCOc2cccc3c2C(=O)N(CCO[N+](=O)[O-])C3=O)CC1. The van der Waals surface area contributed by atoms with Gasteiger partial charge in [-0.05, 0) is 19.1 Å². The van der Waals surface area contributed by atoms with Crippen molar-refractivity contribution in [3.05, 3.63) is 39.4 Å². The molecule has 1 fully saturated rings. The summed E-state index contributed by atoms with van der Waals surface area (Å²) in [4.78, 5) is 56.1. The zero-order chi connectivity index (χ0) is 22.4. The number of carbonyl (C=O) groups is 3. The van der Waals surface area contributed by atoms with E-state index < -0.39 is 23.5 Å². The van der Waals surface area contributed by atoms with Crippen LogP contribution < -0.4 is 4.74 Å². The Hall–Kier alpha value is -3.41. The molecule has 0 aromatic heterocycles. The lowest BCUT2D eigenvalue weighted by molar-refractivity contribution is -0.757. The first-order valence-corrected chi connectivity index (χ1v) is 9.95. The number of benzene rings is 1. The molecule has 2 heterocycles. The number of hydrogen-bond donors (Lipinski definition) is 0. The van der Waals surface area contributed by atoms with Crippen LogP contribution in [0.3, 0.4) is 0 Å². The molecule has 168 valence electrons. The highest BCUT2D eigenvalue weighted by Gasteiger charge is 2.38. The number of hydrogen-bond acceptors (Lipinski definition) is 9. The number of fused-ring (bicyclic) bond motifs is 1. The fourth-order valence-electron chi connectivity index (χ4n) is 3.49. The number of rotatable bonds is 9. The number of ether oxygens (including phenoxy) is 2. The van der Waals surface area contributed by atoms with E-state index >= 15 is 0 Å². The van der Waals surface area contributed by atoms with Gasteiger partial charge >= 0.3 is 6.09 Å². The number of carbonyl (C=O) groups excluding carboxylic acids is 3. The molecule has 0 bridgehead atoms.